The zero-order chi connectivity index (χ0) is 27.0. The first-order valence-corrected chi connectivity index (χ1v) is 13.3. The van der Waals surface area contributed by atoms with Crippen LogP contribution in [-0.4, -0.2) is 48.9 Å². The maximum atomic E-state index is 12.2. The average Bonchev–Trinajstić information content (AvgIpc) is 3.36. The van der Waals surface area contributed by atoms with Crippen LogP contribution in [0.1, 0.15) is 64.7 Å². The Balaban J connectivity index is 2.06. The molecule has 0 aromatic heterocycles. The topological polar surface area (TPSA) is 75.7 Å². The fourth-order valence-electron chi connectivity index (χ4n) is 3.54. The lowest BCUT2D eigenvalue weighted by Gasteiger charge is -2.15. The molecule has 1 rings (SSSR count). The lowest BCUT2D eigenvalue weighted by Crippen LogP contribution is -2.38. The lowest BCUT2D eigenvalue weighted by atomic mass is 10.2. The third-order valence-corrected chi connectivity index (χ3v) is 5.56. The molecule has 1 fully saturated rings. The number of esters is 1. The number of carbonyl (C=O) groups excluding carboxylic acids is 3. The Morgan fingerprint density at radius 1 is 0.784 bits per heavy atom. The van der Waals surface area contributed by atoms with E-state index in [1.54, 1.807) is 4.90 Å². The first kappa shape index (κ1) is 31.6. The molecule has 0 spiro atoms. The van der Waals surface area contributed by atoms with Gasteiger partial charge in [0.2, 0.25) is 11.8 Å². The number of rotatable bonds is 17. The molecule has 2 amide bonds. The molecule has 202 valence electrons. The van der Waals surface area contributed by atoms with Crippen molar-refractivity contribution in [3.63, 3.8) is 0 Å². The number of methoxy groups -OCH3 is 1. The van der Waals surface area contributed by atoms with Gasteiger partial charge < -0.3 is 15.0 Å². The Hall–Kier alpha value is -3.41. The van der Waals surface area contributed by atoms with Crippen molar-refractivity contribution in [2.24, 2.45) is 0 Å². The summed E-state index contributed by atoms with van der Waals surface area (Å²) in [6, 6.07) is -0.0479. The number of hydrogen-bond donors (Lipinski definition) is 1. The van der Waals surface area contributed by atoms with E-state index in [1.165, 1.54) is 13.2 Å². The molecule has 0 aromatic rings. The zero-order valence-corrected chi connectivity index (χ0v) is 22.5. The number of allylic oxidation sites excluding steroid dienone is 12. The molecule has 1 heterocycles. The van der Waals surface area contributed by atoms with Gasteiger partial charge in [0.25, 0.3) is 0 Å². The SMILES string of the molecule is CCC=CCC=CCC=CCC=CCC=CCC=CCCC(=O)NC1CCN(C(=O)C=CC(=O)OC)C1. The summed E-state index contributed by atoms with van der Waals surface area (Å²) < 4.78 is 4.48. The molecule has 37 heavy (non-hydrogen) atoms. The van der Waals surface area contributed by atoms with E-state index in [1.807, 2.05) is 6.08 Å². The number of carbonyl (C=O) groups is 3. The molecule has 1 unspecified atom stereocenters. The molecule has 1 atom stereocenters. The Morgan fingerprint density at radius 2 is 1.30 bits per heavy atom. The highest BCUT2D eigenvalue weighted by Gasteiger charge is 2.26. The maximum absolute atomic E-state index is 12.2. The van der Waals surface area contributed by atoms with Crippen molar-refractivity contribution in [3.8, 4) is 0 Å². The summed E-state index contributed by atoms with van der Waals surface area (Å²) in [6.45, 7) is 3.16. The molecule has 0 aliphatic carbocycles. The molecule has 1 aliphatic heterocycles. The smallest absolute Gasteiger partial charge is 0.330 e. The number of nitrogens with zero attached hydrogens (tertiary/aromatic N) is 1. The van der Waals surface area contributed by atoms with Crippen molar-refractivity contribution >= 4 is 17.8 Å². The number of nitrogens with one attached hydrogen (secondary N) is 1. The van der Waals surface area contributed by atoms with Crippen molar-refractivity contribution in [1.82, 2.24) is 10.2 Å². The second-order valence-corrected chi connectivity index (χ2v) is 8.65. The van der Waals surface area contributed by atoms with Crippen LogP contribution in [0.2, 0.25) is 0 Å². The van der Waals surface area contributed by atoms with Crippen LogP contribution in [0.3, 0.4) is 0 Å². The van der Waals surface area contributed by atoms with Crippen LogP contribution >= 0.6 is 0 Å². The van der Waals surface area contributed by atoms with Gasteiger partial charge in [-0.2, -0.15) is 0 Å². The van der Waals surface area contributed by atoms with Crippen molar-refractivity contribution in [2.45, 2.75) is 70.8 Å². The van der Waals surface area contributed by atoms with Gasteiger partial charge in [-0.25, -0.2) is 4.79 Å². The molecule has 6 nitrogen and oxygen atoms in total. The Kier molecular flexibility index (Phi) is 18.7. The summed E-state index contributed by atoms with van der Waals surface area (Å²) in [6.07, 6.45) is 35.9. The number of hydrogen-bond acceptors (Lipinski definition) is 4. The first-order valence-electron chi connectivity index (χ1n) is 13.3. The predicted molar refractivity (Wildman–Crippen MR) is 152 cm³/mol. The quantitative estimate of drug-likeness (QED) is 0.151. The summed E-state index contributed by atoms with van der Waals surface area (Å²) >= 11 is 0. The van der Waals surface area contributed by atoms with Crippen molar-refractivity contribution in [3.05, 3.63) is 85.1 Å². The van der Waals surface area contributed by atoms with Gasteiger partial charge in [-0.3, -0.25) is 9.59 Å². The summed E-state index contributed by atoms with van der Waals surface area (Å²) in [7, 11) is 1.26. The molecule has 0 aromatic carbocycles. The van der Waals surface area contributed by atoms with E-state index in [0.717, 1.165) is 44.6 Å². The maximum Gasteiger partial charge on any atom is 0.330 e. The van der Waals surface area contributed by atoms with Crippen molar-refractivity contribution in [2.75, 3.05) is 20.2 Å². The third kappa shape index (κ3) is 17.6. The minimum Gasteiger partial charge on any atom is -0.466 e. The number of likely N-dealkylation sites (tertiary alicyclic amines) is 1. The number of ether oxygens (including phenoxy) is 1. The molecule has 0 saturated carbocycles. The molecular weight excluding hydrogens is 464 g/mol. The van der Waals surface area contributed by atoms with Crippen molar-refractivity contribution < 1.29 is 19.1 Å². The van der Waals surface area contributed by atoms with Crippen LogP contribution in [0.5, 0.6) is 0 Å². The van der Waals surface area contributed by atoms with Gasteiger partial charge in [0.15, 0.2) is 0 Å². The number of amides is 2. The highest BCUT2D eigenvalue weighted by atomic mass is 16.5. The molecule has 0 bridgehead atoms. The van der Waals surface area contributed by atoms with Crippen LogP contribution in [0.4, 0.5) is 0 Å². The predicted octanol–water partition coefficient (Wildman–Crippen LogP) is 5.91. The van der Waals surface area contributed by atoms with Gasteiger partial charge in [0.1, 0.15) is 0 Å². The van der Waals surface area contributed by atoms with Crippen LogP contribution in [-0.2, 0) is 19.1 Å². The van der Waals surface area contributed by atoms with E-state index in [-0.39, 0.29) is 17.9 Å². The van der Waals surface area contributed by atoms with Gasteiger partial charge in [-0.05, 0) is 51.4 Å². The van der Waals surface area contributed by atoms with Gasteiger partial charge >= 0.3 is 5.97 Å². The third-order valence-electron chi connectivity index (χ3n) is 5.56. The zero-order valence-electron chi connectivity index (χ0n) is 22.5. The van der Waals surface area contributed by atoms with E-state index in [4.69, 9.17) is 0 Å². The van der Waals surface area contributed by atoms with E-state index in [9.17, 15) is 14.4 Å². The van der Waals surface area contributed by atoms with Crippen molar-refractivity contribution in [1.29, 1.82) is 0 Å². The Bertz CT molecular complexity index is 878. The second kappa shape index (κ2) is 21.8. The van der Waals surface area contributed by atoms with Crippen LogP contribution in [0.15, 0.2) is 85.1 Å². The van der Waals surface area contributed by atoms with E-state index < -0.39 is 5.97 Å². The fourth-order valence-corrected chi connectivity index (χ4v) is 3.54. The summed E-state index contributed by atoms with van der Waals surface area (Å²) in [5, 5.41) is 2.98. The fraction of sp³-hybridized carbons (Fsp3) is 0.452. The minimum atomic E-state index is -0.563. The summed E-state index contributed by atoms with van der Waals surface area (Å²) in [5.74, 6) is -0.823. The van der Waals surface area contributed by atoms with Crippen LogP contribution in [0, 0.1) is 0 Å². The average molecular weight is 509 g/mol. The van der Waals surface area contributed by atoms with E-state index >= 15 is 0 Å². The molecule has 1 aliphatic rings. The molecule has 0 radical (unpaired) electrons. The first-order chi connectivity index (χ1) is 18.1. The molecule has 1 saturated heterocycles. The Morgan fingerprint density at radius 3 is 1.81 bits per heavy atom. The van der Waals surface area contributed by atoms with E-state index in [0.29, 0.717) is 32.4 Å². The van der Waals surface area contributed by atoms with Gasteiger partial charge in [0, 0.05) is 37.7 Å². The van der Waals surface area contributed by atoms with E-state index in [2.05, 4.69) is 83.8 Å². The van der Waals surface area contributed by atoms with Gasteiger partial charge in [0.05, 0.1) is 7.11 Å². The lowest BCUT2D eigenvalue weighted by molar-refractivity contribution is -0.135. The molecular formula is C31H44N2O4. The Labute approximate surface area is 223 Å². The minimum absolute atomic E-state index is 0.0102. The summed E-state index contributed by atoms with van der Waals surface area (Å²) in [4.78, 5) is 36.9. The van der Waals surface area contributed by atoms with Crippen LogP contribution in [0.25, 0.3) is 0 Å². The standard InChI is InChI=1S/C31H44N2O4/c1-3-4-5-6-7-8-9-10-11-12-13-14-15-16-17-18-19-20-21-22-29(34)32-28-25-26-33(27-28)30(35)23-24-31(36)37-2/h4-5,7-8,10-11,13-14,16-17,19-20,23-24,28H,3,6,9,12,15,18,21-22,25-27H2,1-2H3,(H,32,34). The molecule has 1 N–H and O–H groups in total. The van der Waals surface area contributed by atoms with Crippen LogP contribution < -0.4 is 5.32 Å². The summed E-state index contributed by atoms with van der Waals surface area (Å²) in [5.41, 5.74) is 0. The molecule has 6 heteroatoms. The second-order valence-electron chi connectivity index (χ2n) is 8.65. The van der Waals surface area contributed by atoms with Gasteiger partial charge in [-0.15, -0.1) is 0 Å². The highest BCUT2D eigenvalue weighted by Crippen LogP contribution is 2.10. The highest BCUT2D eigenvalue weighted by molar-refractivity contribution is 5.94. The normalized spacial score (nSPS) is 16.7. The monoisotopic (exact) mass is 508 g/mol. The van der Waals surface area contributed by atoms with Gasteiger partial charge in [-0.1, -0.05) is 79.8 Å². The largest absolute Gasteiger partial charge is 0.466 e.